The molecule has 140 valence electrons. The number of imidazole rings is 1. The highest BCUT2D eigenvalue weighted by Crippen LogP contribution is 2.46. The highest BCUT2D eigenvalue weighted by Gasteiger charge is 2.42. The molecule has 2 aromatic heterocycles. The Morgan fingerprint density at radius 2 is 2.04 bits per heavy atom. The second kappa shape index (κ2) is 5.52. The van der Waals surface area contributed by atoms with Gasteiger partial charge in [0.05, 0.1) is 11.3 Å². The van der Waals surface area contributed by atoms with E-state index >= 15 is 4.39 Å². The van der Waals surface area contributed by atoms with Gasteiger partial charge in [-0.3, -0.25) is 4.40 Å². The minimum atomic E-state index is -0.664. The molecule has 0 bridgehead atoms. The smallest absolute Gasteiger partial charge is 0.150 e. The number of nitrogens with two attached hydrogens (primary N) is 1. The minimum absolute atomic E-state index is 0.125. The number of aromatic nitrogens is 3. The Morgan fingerprint density at radius 1 is 1.26 bits per heavy atom. The fourth-order valence-corrected chi connectivity index (χ4v) is 4.75. The number of aliphatic hydroxyl groups is 1. The summed E-state index contributed by atoms with van der Waals surface area (Å²) in [4.78, 5) is 9.21. The van der Waals surface area contributed by atoms with Gasteiger partial charge in [0.15, 0.2) is 0 Å². The van der Waals surface area contributed by atoms with Gasteiger partial charge in [0, 0.05) is 17.7 Å². The molecule has 0 radical (unpaired) electrons. The Kier molecular flexibility index (Phi) is 3.41. The van der Waals surface area contributed by atoms with Gasteiger partial charge in [-0.2, -0.15) is 0 Å². The second-order valence-corrected chi connectivity index (χ2v) is 8.33. The van der Waals surface area contributed by atoms with Crippen molar-refractivity contribution < 1.29 is 9.50 Å². The zero-order valence-electron chi connectivity index (χ0n) is 15.6. The number of nitrogen functional groups attached to an aromatic ring is 1. The average molecular weight is 366 g/mol. The van der Waals surface area contributed by atoms with Gasteiger partial charge < -0.3 is 10.8 Å². The highest BCUT2D eigenvalue weighted by atomic mass is 19.1. The lowest BCUT2D eigenvalue weighted by Crippen LogP contribution is -2.40. The first-order chi connectivity index (χ1) is 12.8. The molecule has 27 heavy (non-hydrogen) atoms. The summed E-state index contributed by atoms with van der Waals surface area (Å²) in [5.41, 5.74) is 9.95. The molecule has 2 aliphatic rings. The highest BCUT2D eigenvalue weighted by molar-refractivity contribution is 5.86. The first kappa shape index (κ1) is 16.7. The van der Waals surface area contributed by atoms with E-state index < -0.39 is 5.60 Å². The summed E-state index contributed by atoms with van der Waals surface area (Å²) in [6.07, 6.45) is 5.87. The van der Waals surface area contributed by atoms with Gasteiger partial charge in [-0.25, -0.2) is 14.4 Å². The summed E-state index contributed by atoms with van der Waals surface area (Å²) in [5.74, 6) is 1.12. The lowest BCUT2D eigenvalue weighted by molar-refractivity contribution is -0.0335. The van der Waals surface area contributed by atoms with E-state index in [0.717, 1.165) is 41.9 Å². The van der Waals surface area contributed by atoms with Crippen molar-refractivity contribution in [2.24, 2.45) is 0 Å². The van der Waals surface area contributed by atoms with Crippen LogP contribution in [0.3, 0.4) is 0 Å². The van der Waals surface area contributed by atoms with Crippen LogP contribution in [0.4, 0.5) is 10.2 Å². The van der Waals surface area contributed by atoms with E-state index in [0.29, 0.717) is 35.4 Å². The SMILES string of the molecule is Cc1cn2c(C3CC(C)(O)C3)nc(-c3ccc4c(c3F)CCC4)c2c(N)n1. The van der Waals surface area contributed by atoms with Crippen LogP contribution < -0.4 is 5.73 Å². The number of hydrogen-bond donors (Lipinski definition) is 2. The van der Waals surface area contributed by atoms with E-state index in [9.17, 15) is 5.11 Å². The van der Waals surface area contributed by atoms with Crippen molar-refractivity contribution >= 4 is 11.3 Å². The van der Waals surface area contributed by atoms with E-state index in [1.54, 1.807) is 0 Å². The molecule has 0 spiro atoms. The van der Waals surface area contributed by atoms with Crippen molar-refractivity contribution in [3.05, 3.63) is 46.8 Å². The Morgan fingerprint density at radius 3 is 2.78 bits per heavy atom. The molecule has 1 aromatic carbocycles. The summed E-state index contributed by atoms with van der Waals surface area (Å²) in [6.45, 7) is 3.72. The van der Waals surface area contributed by atoms with E-state index in [4.69, 9.17) is 10.7 Å². The first-order valence-electron chi connectivity index (χ1n) is 9.52. The van der Waals surface area contributed by atoms with Crippen molar-refractivity contribution in [2.45, 2.75) is 57.5 Å². The molecule has 5 rings (SSSR count). The topological polar surface area (TPSA) is 76.4 Å². The molecule has 6 heteroatoms. The van der Waals surface area contributed by atoms with Crippen LogP contribution in [0.2, 0.25) is 0 Å². The first-order valence-corrected chi connectivity index (χ1v) is 9.52. The van der Waals surface area contributed by atoms with Crippen LogP contribution >= 0.6 is 0 Å². The van der Waals surface area contributed by atoms with Crippen molar-refractivity contribution in [1.82, 2.24) is 14.4 Å². The quantitative estimate of drug-likeness (QED) is 0.727. The molecule has 1 saturated carbocycles. The number of rotatable bonds is 2. The number of benzene rings is 1. The molecule has 0 saturated heterocycles. The lowest BCUT2D eigenvalue weighted by atomic mass is 9.72. The summed E-state index contributed by atoms with van der Waals surface area (Å²) < 4.78 is 17.2. The van der Waals surface area contributed by atoms with Gasteiger partial charge in [0.1, 0.15) is 28.7 Å². The van der Waals surface area contributed by atoms with Crippen LogP contribution in [0.5, 0.6) is 0 Å². The van der Waals surface area contributed by atoms with E-state index in [2.05, 4.69) is 4.98 Å². The maximum atomic E-state index is 15.3. The molecule has 0 aliphatic heterocycles. The molecule has 0 unspecified atom stereocenters. The zero-order valence-corrected chi connectivity index (χ0v) is 15.6. The zero-order chi connectivity index (χ0) is 18.9. The molecule has 3 N–H and O–H groups in total. The second-order valence-electron chi connectivity index (χ2n) is 8.33. The average Bonchev–Trinajstić information content (AvgIpc) is 3.18. The summed E-state index contributed by atoms with van der Waals surface area (Å²) in [5, 5.41) is 10.2. The molecule has 0 atom stereocenters. The number of anilines is 1. The van der Waals surface area contributed by atoms with Crippen LogP contribution in [-0.4, -0.2) is 25.1 Å². The minimum Gasteiger partial charge on any atom is -0.390 e. The third kappa shape index (κ3) is 2.46. The van der Waals surface area contributed by atoms with Gasteiger partial charge in [0.2, 0.25) is 0 Å². The van der Waals surface area contributed by atoms with Crippen molar-refractivity contribution in [2.75, 3.05) is 5.73 Å². The summed E-state index contributed by atoms with van der Waals surface area (Å²) >= 11 is 0. The van der Waals surface area contributed by atoms with Crippen LogP contribution in [0.1, 0.15) is 54.7 Å². The summed E-state index contributed by atoms with van der Waals surface area (Å²) in [7, 11) is 0. The standard InChI is InChI=1S/C21H23FN4O/c1-11-10-26-18(19(23)24-11)17(25-20(26)13-8-21(2,27)9-13)15-7-6-12-4-3-5-14(12)16(15)22/h6-7,10,13,27H,3-5,8-9H2,1-2H3,(H2,23,24). The number of aryl methyl sites for hydroxylation is 2. The fraction of sp³-hybridized carbons (Fsp3) is 0.429. The van der Waals surface area contributed by atoms with Crippen LogP contribution in [-0.2, 0) is 12.8 Å². The Hall–Kier alpha value is -2.47. The molecule has 0 amide bonds. The van der Waals surface area contributed by atoms with E-state index in [1.165, 1.54) is 0 Å². The molecule has 3 aromatic rings. The van der Waals surface area contributed by atoms with Gasteiger partial charge in [-0.15, -0.1) is 0 Å². The predicted octanol–water partition coefficient (Wildman–Crippen LogP) is 3.54. The van der Waals surface area contributed by atoms with Crippen LogP contribution in [0, 0.1) is 12.7 Å². The number of fused-ring (bicyclic) bond motifs is 2. The molecule has 2 aliphatic carbocycles. The lowest BCUT2D eigenvalue weighted by Gasteiger charge is -2.40. The number of halogens is 1. The maximum Gasteiger partial charge on any atom is 0.150 e. The number of nitrogens with zero attached hydrogens (tertiary/aromatic N) is 3. The third-order valence-corrected chi connectivity index (χ3v) is 6.00. The van der Waals surface area contributed by atoms with Crippen molar-refractivity contribution in [1.29, 1.82) is 0 Å². The van der Waals surface area contributed by atoms with Gasteiger partial charge in [-0.05, 0) is 63.1 Å². The van der Waals surface area contributed by atoms with Crippen LogP contribution in [0.25, 0.3) is 16.8 Å². The van der Waals surface area contributed by atoms with Crippen LogP contribution in [0.15, 0.2) is 18.3 Å². The summed E-state index contributed by atoms with van der Waals surface area (Å²) in [6, 6.07) is 3.83. The Bertz CT molecular complexity index is 1080. The predicted molar refractivity (Wildman–Crippen MR) is 102 cm³/mol. The fourth-order valence-electron chi connectivity index (χ4n) is 4.75. The van der Waals surface area contributed by atoms with E-state index in [-0.39, 0.29) is 11.7 Å². The Labute approximate surface area is 157 Å². The van der Waals surface area contributed by atoms with Crippen molar-refractivity contribution in [3.8, 4) is 11.3 Å². The van der Waals surface area contributed by atoms with E-state index in [1.807, 2.05) is 36.6 Å². The normalized spacial score (nSPS) is 24.2. The maximum absolute atomic E-state index is 15.3. The van der Waals surface area contributed by atoms with Crippen molar-refractivity contribution in [3.63, 3.8) is 0 Å². The van der Waals surface area contributed by atoms with Gasteiger partial charge in [-0.1, -0.05) is 6.07 Å². The molecular formula is C21H23FN4O. The van der Waals surface area contributed by atoms with Gasteiger partial charge >= 0.3 is 0 Å². The van der Waals surface area contributed by atoms with Gasteiger partial charge in [0.25, 0.3) is 0 Å². The molecule has 5 nitrogen and oxygen atoms in total. The molecular weight excluding hydrogens is 343 g/mol. The molecule has 1 fully saturated rings. The Balaban J connectivity index is 1.74. The largest absolute Gasteiger partial charge is 0.390 e. The number of hydrogen-bond acceptors (Lipinski definition) is 4. The monoisotopic (exact) mass is 366 g/mol. The third-order valence-electron chi connectivity index (χ3n) is 6.00. The molecule has 2 heterocycles.